The number of likely N-dealkylation sites (tertiary alicyclic amines) is 1. The van der Waals surface area contributed by atoms with E-state index in [-0.39, 0.29) is 11.6 Å². The topological polar surface area (TPSA) is 41.6 Å². The van der Waals surface area contributed by atoms with Gasteiger partial charge in [0, 0.05) is 16.8 Å². The Kier molecular flexibility index (Phi) is 4.06. The maximum Gasteiger partial charge on any atom is 0.322 e. The number of carbonyl (C=O) groups is 1. The second-order valence-corrected chi connectivity index (χ2v) is 7.42. The maximum absolute atomic E-state index is 12.4. The highest BCUT2D eigenvalue weighted by Crippen LogP contribution is 2.35. The van der Waals surface area contributed by atoms with Gasteiger partial charge in [0.05, 0.1) is 13.1 Å². The highest BCUT2D eigenvalue weighted by atomic mass is 79.9. The van der Waals surface area contributed by atoms with Gasteiger partial charge in [0.15, 0.2) is 0 Å². The fraction of sp³-hybridized carbons (Fsp3) is 0.316. The van der Waals surface area contributed by atoms with Gasteiger partial charge < -0.3 is 15.0 Å². The van der Waals surface area contributed by atoms with Gasteiger partial charge in [-0.25, -0.2) is 4.79 Å². The highest BCUT2D eigenvalue weighted by Gasteiger charge is 2.48. The summed E-state index contributed by atoms with van der Waals surface area (Å²) >= 11 is 3.45. The standard InChI is InChI=1S/C19H19BrN2O2/c20-16-7-5-14(6-8-16)15-3-1-4-17(11-15)21-18(23)22-12-19(13-22)9-2-10-24-19/h1,3-8,11H,2,9-10,12-13H2,(H,21,23). The normalized spacial score (nSPS) is 18.5. The van der Waals surface area contributed by atoms with Crippen molar-refractivity contribution in [3.63, 3.8) is 0 Å². The zero-order valence-electron chi connectivity index (χ0n) is 13.3. The average molecular weight is 387 g/mol. The smallest absolute Gasteiger partial charge is 0.322 e. The van der Waals surface area contributed by atoms with E-state index >= 15 is 0 Å². The molecule has 2 amide bonds. The van der Waals surface area contributed by atoms with Crippen molar-refractivity contribution in [2.24, 2.45) is 0 Å². The Balaban J connectivity index is 1.42. The lowest BCUT2D eigenvalue weighted by Gasteiger charge is -2.46. The molecule has 5 heteroatoms. The third-order valence-corrected chi connectivity index (χ3v) is 5.25. The number of halogens is 1. The Bertz CT molecular complexity index is 746. The van der Waals surface area contributed by atoms with E-state index in [2.05, 4.69) is 33.4 Å². The zero-order valence-corrected chi connectivity index (χ0v) is 14.9. The molecule has 124 valence electrons. The molecule has 24 heavy (non-hydrogen) atoms. The van der Waals surface area contributed by atoms with Crippen LogP contribution >= 0.6 is 15.9 Å². The van der Waals surface area contributed by atoms with Crippen LogP contribution in [0.15, 0.2) is 53.0 Å². The molecule has 2 heterocycles. The predicted molar refractivity (Wildman–Crippen MR) is 98.1 cm³/mol. The number of benzene rings is 2. The van der Waals surface area contributed by atoms with Gasteiger partial charge in [0.1, 0.15) is 5.60 Å². The predicted octanol–water partition coefficient (Wildman–Crippen LogP) is 4.51. The largest absolute Gasteiger partial charge is 0.371 e. The molecule has 2 aliphatic heterocycles. The zero-order chi connectivity index (χ0) is 16.6. The van der Waals surface area contributed by atoms with Crippen LogP contribution in [0.2, 0.25) is 0 Å². The molecule has 2 aliphatic rings. The molecule has 1 spiro atoms. The van der Waals surface area contributed by atoms with Gasteiger partial charge in [-0.2, -0.15) is 0 Å². The van der Waals surface area contributed by atoms with Crippen molar-refractivity contribution in [1.29, 1.82) is 0 Å². The number of anilines is 1. The van der Waals surface area contributed by atoms with Crippen LogP contribution < -0.4 is 5.32 Å². The van der Waals surface area contributed by atoms with E-state index in [1.165, 1.54) is 0 Å². The van der Waals surface area contributed by atoms with Crippen molar-refractivity contribution in [3.8, 4) is 11.1 Å². The van der Waals surface area contributed by atoms with E-state index in [1.807, 2.05) is 41.3 Å². The third-order valence-electron chi connectivity index (χ3n) is 4.72. The number of urea groups is 1. The quantitative estimate of drug-likeness (QED) is 0.824. The molecule has 0 atom stereocenters. The van der Waals surface area contributed by atoms with Gasteiger partial charge in [0.2, 0.25) is 0 Å². The maximum atomic E-state index is 12.4. The number of hydrogen-bond donors (Lipinski definition) is 1. The number of ether oxygens (including phenoxy) is 1. The molecule has 4 nitrogen and oxygen atoms in total. The van der Waals surface area contributed by atoms with Gasteiger partial charge in [-0.15, -0.1) is 0 Å². The second kappa shape index (κ2) is 6.22. The summed E-state index contributed by atoms with van der Waals surface area (Å²) in [5.74, 6) is 0. The molecule has 0 aromatic heterocycles. The molecule has 0 bridgehead atoms. The number of amides is 2. The Hall–Kier alpha value is -1.85. The summed E-state index contributed by atoms with van der Waals surface area (Å²) in [6, 6.07) is 16.0. The Morgan fingerprint density at radius 3 is 2.62 bits per heavy atom. The minimum Gasteiger partial charge on any atom is -0.371 e. The molecule has 2 saturated heterocycles. The number of hydrogen-bond acceptors (Lipinski definition) is 2. The van der Waals surface area contributed by atoms with Crippen molar-refractivity contribution in [3.05, 3.63) is 53.0 Å². The van der Waals surface area contributed by atoms with Crippen LogP contribution in [-0.2, 0) is 4.74 Å². The lowest BCUT2D eigenvalue weighted by atomic mass is 9.91. The molecule has 0 aliphatic carbocycles. The molecule has 0 unspecified atom stereocenters. The molecular weight excluding hydrogens is 368 g/mol. The minimum atomic E-state index is -0.0589. The van der Waals surface area contributed by atoms with E-state index in [4.69, 9.17) is 4.74 Å². The van der Waals surface area contributed by atoms with E-state index in [1.54, 1.807) is 0 Å². The molecule has 2 aromatic rings. The van der Waals surface area contributed by atoms with Crippen molar-refractivity contribution in [2.75, 3.05) is 25.0 Å². The summed E-state index contributed by atoms with van der Waals surface area (Å²) in [6.45, 7) is 2.22. The Labute approximate surface area is 149 Å². The Morgan fingerprint density at radius 2 is 1.92 bits per heavy atom. The average Bonchev–Trinajstić information content (AvgIpc) is 3.04. The lowest BCUT2D eigenvalue weighted by molar-refractivity contribution is -0.0893. The van der Waals surface area contributed by atoms with Crippen LogP contribution in [0.3, 0.4) is 0 Å². The van der Waals surface area contributed by atoms with Crippen LogP contribution in [0.1, 0.15) is 12.8 Å². The molecule has 4 rings (SSSR count). The fourth-order valence-corrected chi connectivity index (χ4v) is 3.68. The fourth-order valence-electron chi connectivity index (χ4n) is 3.42. The molecule has 0 saturated carbocycles. The van der Waals surface area contributed by atoms with E-state index in [0.29, 0.717) is 13.1 Å². The SMILES string of the molecule is O=C(Nc1cccc(-c2ccc(Br)cc2)c1)N1CC2(CCCO2)C1. The monoisotopic (exact) mass is 386 g/mol. The number of carbonyl (C=O) groups excluding carboxylic acids is 1. The first kappa shape index (κ1) is 15.7. The van der Waals surface area contributed by atoms with Crippen molar-refractivity contribution in [1.82, 2.24) is 4.90 Å². The molecule has 1 N–H and O–H groups in total. The summed E-state index contributed by atoms with van der Waals surface area (Å²) < 4.78 is 6.82. The minimum absolute atomic E-state index is 0.0518. The third kappa shape index (κ3) is 3.06. The second-order valence-electron chi connectivity index (χ2n) is 6.51. The van der Waals surface area contributed by atoms with Crippen LogP contribution in [-0.4, -0.2) is 36.2 Å². The number of nitrogens with zero attached hydrogens (tertiary/aromatic N) is 1. The number of nitrogens with one attached hydrogen (secondary N) is 1. The van der Waals surface area contributed by atoms with Crippen molar-refractivity contribution < 1.29 is 9.53 Å². The summed E-state index contributed by atoms with van der Waals surface area (Å²) in [5, 5.41) is 2.99. The first-order chi connectivity index (χ1) is 11.6. The summed E-state index contributed by atoms with van der Waals surface area (Å²) in [4.78, 5) is 14.2. The molecule has 2 aromatic carbocycles. The van der Waals surface area contributed by atoms with Gasteiger partial charge >= 0.3 is 6.03 Å². The molecule has 0 radical (unpaired) electrons. The first-order valence-electron chi connectivity index (χ1n) is 8.20. The molecule has 2 fully saturated rings. The van der Waals surface area contributed by atoms with Crippen LogP contribution in [0.4, 0.5) is 10.5 Å². The van der Waals surface area contributed by atoms with Crippen LogP contribution in [0.5, 0.6) is 0 Å². The summed E-state index contributed by atoms with van der Waals surface area (Å²) in [6.07, 6.45) is 2.17. The number of rotatable bonds is 2. The molecular formula is C19H19BrN2O2. The van der Waals surface area contributed by atoms with Gasteiger partial charge in [-0.05, 0) is 48.2 Å². The first-order valence-corrected chi connectivity index (χ1v) is 8.99. The summed E-state index contributed by atoms with van der Waals surface area (Å²) in [7, 11) is 0. The Morgan fingerprint density at radius 1 is 1.12 bits per heavy atom. The van der Waals surface area contributed by atoms with Gasteiger partial charge in [-0.3, -0.25) is 0 Å². The van der Waals surface area contributed by atoms with E-state index < -0.39 is 0 Å². The van der Waals surface area contributed by atoms with Crippen molar-refractivity contribution in [2.45, 2.75) is 18.4 Å². The van der Waals surface area contributed by atoms with E-state index in [0.717, 1.165) is 40.7 Å². The van der Waals surface area contributed by atoms with Crippen molar-refractivity contribution >= 4 is 27.6 Å². The van der Waals surface area contributed by atoms with E-state index in [9.17, 15) is 4.79 Å². The van der Waals surface area contributed by atoms with Crippen LogP contribution in [0, 0.1) is 0 Å². The highest BCUT2D eigenvalue weighted by molar-refractivity contribution is 9.10. The lowest BCUT2D eigenvalue weighted by Crippen LogP contribution is -2.63. The van der Waals surface area contributed by atoms with Gasteiger partial charge in [-0.1, -0.05) is 40.2 Å². The van der Waals surface area contributed by atoms with Gasteiger partial charge in [0.25, 0.3) is 0 Å². The van der Waals surface area contributed by atoms with Crippen LogP contribution in [0.25, 0.3) is 11.1 Å². The summed E-state index contributed by atoms with van der Waals surface area (Å²) in [5.41, 5.74) is 2.96.